The summed E-state index contributed by atoms with van der Waals surface area (Å²) in [5.41, 5.74) is 1.29. The summed E-state index contributed by atoms with van der Waals surface area (Å²) >= 11 is 0. The Hall–Kier alpha value is -0.800. The van der Waals surface area contributed by atoms with Gasteiger partial charge in [-0.25, -0.2) is 0 Å². The second-order valence-electron chi connectivity index (χ2n) is 3.70. The summed E-state index contributed by atoms with van der Waals surface area (Å²) in [7, 11) is 4.13. The third-order valence-electron chi connectivity index (χ3n) is 2.37. The fourth-order valence-electron chi connectivity index (χ4n) is 1.47. The number of nitrogens with zero attached hydrogens (tertiary/aromatic N) is 1. The van der Waals surface area contributed by atoms with Crippen LogP contribution >= 0.6 is 0 Å². The van der Waals surface area contributed by atoms with E-state index in [1.807, 2.05) is 20.0 Å². The highest BCUT2D eigenvalue weighted by Crippen LogP contribution is 2.10. The molecular weight excluding hydrogens is 176 g/mol. The number of nitrogens with one attached hydrogen (secondary N) is 1. The first-order valence-electron chi connectivity index (χ1n) is 5.10. The summed E-state index contributed by atoms with van der Waals surface area (Å²) in [4.78, 5) is 2.31. The minimum atomic E-state index is 0.978. The Balaban J connectivity index is 2.27. The number of furan rings is 1. The van der Waals surface area contributed by atoms with E-state index in [1.165, 1.54) is 12.0 Å². The molecule has 0 amide bonds. The molecule has 3 heteroatoms. The molecule has 0 aliphatic heterocycles. The maximum absolute atomic E-state index is 5.25. The third-order valence-corrected chi connectivity index (χ3v) is 2.37. The van der Waals surface area contributed by atoms with Gasteiger partial charge in [0, 0.05) is 12.1 Å². The smallest absolute Gasteiger partial charge is 0.105 e. The van der Waals surface area contributed by atoms with E-state index < -0.39 is 0 Å². The number of hydrogen-bond acceptors (Lipinski definition) is 3. The second kappa shape index (κ2) is 5.83. The van der Waals surface area contributed by atoms with Crippen molar-refractivity contribution in [3.05, 3.63) is 23.7 Å². The van der Waals surface area contributed by atoms with Crippen LogP contribution in [0.15, 0.2) is 16.7 Å². The Morgan fingerprint density at radius 2 is 2.29 bits per heavy atom. The minimum absolute atomic E-state index is 0.978. The van der Waals surface area contributed by atoms with E-state index in [0.29, 0.717) is 0 Å². The topological polar surface area (TPSA) is 28.4 Å². The Morgan fingerprint density at radius 3 is 2.86 bits per heavy atom. The first kappa shape index (κ1) is 11.3. The summed E-state index contributed by atoms with van der Waals surface area (Å²) in [6, 6.07) is 2.05. The van der Waals surface area contributed by atoms with Crippen molar-refractivity contribution in [1.82, 2.24) is 10.2 Å². The predicted octanol–water partition coefficient (Wildman–Crippen LogP) is 1.63. The summed E-state index contributed by atoms with van der Waals surface area (Å²) in [6.07, 6.45) is 2.94. The Labute approximate surface area is 86.1 Å². The monoisotopic (exact) mass is 196 g/mol. The highest BCUT2D eigenvalue weighted by molar-refractivity contribution is 5.14. The van der Waals surface area contributed by atoms with E-state index in [-0.39, 0.29) is 0 Å². The molecule has 0 aromatic carbocycles. The second-order valence-corrected chi connectivity index (χ2v) is 3.70. The average Bonchev–Trinajstić information content (AvgIpc) is 2.52. The molecule has 1 heterocycles. The molecule has 0 aliphatic carbocycles. The van der Waals surface area contributed by atoms with Crippen molar-refractivity contribution in [2.75, 3.05) is 27.2 Å². The van der Waals surface area contributed by atoms with Crippen molar-refractivity contribution < 1.29 is 4.42 Å². The van der Waals surface area contributed by atoms with Gasteiger partial charge < -0.3 is 14.6 Å². The molecule has 1 aromatic heterocycles. The van der Waals surface area contributed by atoms with Gasteiger partial charge in [0.2, 0.25) is 0 Å². The predicted molar refractivity (Wildman–Crippen MR) is 58.3 cm³/mol. The van der Waals surface area contributed by atoms with Gasteiger partial charge >= 0.3 is 0 Å². The van der Waals surface area contributed by atoms with Gasteiger partial charge in [0.25, 0.3) is 0 Å². The zero-order chi connectivity index (χ0) is 10.4. The molecule has 1 rings (SSSR count). The fraction of sp³-hybridized carbons (Fsp3) is 0.636. The van der Waals surface area contributed by atoms with Gasteiger partial charge in [-0.3, -0.25) is 0 Å². The van der Waals surface area contributed by atoms with Gasteiger partial charge in [0.15, 0.2) is 0 Å². The van der Waals surface area contributed by atoms with Crippen molar-refractivity contribution in [2.45, 2.75) is 19.9 Å². The maximum atomic E-state index is 5.25. The van der Waals surface area contributed by atoms with Gasteiger partial charge in [-0.05, 0) is 46.6 Å². The van der Waals surface area contributed by atoms with Gasteiger partial charge in [0.05, 0.1) is 6.26 Å². The van der Waals surface area contributed by atoms with Crippen LogP contribution < -0.4 is 5.32 Å². The summed E-state index contributed by atoms with van der Waals surface area (Å²) in [5, 5.41) is 3.15. The van der Waals surface area contributed by atoms with E-state index in [0.717, 1.165) is 25.4 Å². The lowest BCUT2D eigenvalue weighted by atomic mass is 10.2. The molecule has 0 radical (unpaired) electrons. The molecule has 0 bridgehead atoms. The molecule has 0 aliphatic rings. The molecule has 0 spiro atoms. The Morgan fingerprint density at radius 1 is 1.50 bits per heavy atom. The molecule has 0 saturated heterocycles. The van der Waals surface area contributed by atoms with Crippen LogP contribution in [-0.4, -0.2) is 32.1 Å². The van der Waals surface area contributed by atoms with Gasteiger partial charge in [0.1, 0.15) is 5.76 Å². The quantitative estimate of drug-likeness (QED) is 0.701. The maximum Gasteiger partial charge on any atom is 0.105 e. The van der Waals surface area contributed by atoms with Crippen LogP contribution in [0.5, 0.6) is 0 Å². The van der Waals surface area contributed by atoms with E-state index in [9.17, 15) is 0 Å². The molecule has 1 aromatic rings. The highest BCUT2D eigenvalue weighted by Gasteiger charge is 2.04. The molecule has 0 fully saturated rings. The zero-order valence-electron chi connectivity index (χ0n) is 9.34. The molecule has 0 saturated carbocycles. The lowest BCUT2D eigenvalue weighted by Crippen LogP contribution is -2.22. The van der Waals surface area contributed by atoms with Crippen LogP contribution in [0.2, 0.25) is 0 Å². The number of aryl methyl sites for hydroxylation is 1. The zero-order valence-corrected chi connectivity index (χ0v) is 9.34. The van der Waals surface area contributed by atoms with Crippen LogP contribution in [0.1, 0.15) is 17.7 Å². The molecule has 0 atom stereocenters. The van der Waals surface area contributed by atoms with Gasteiger partial charge in [-0.2, -0.15) is 0 Å². The molecule has 3 nitrogen and oxygen atoms in total. The van der Waals surface area contributed by atoms with Gasteiger partial charge in [-0.15, -0.1) is 0 Å². The van der Waals surface area contributed by atoms with Crippen molar-refractivity contribution >= 4 is 0 Å². The van der Waals surface area contributed by atoms with E-state index in [2.05, 4.69) is 17.3 Å². The van der Waals surface area contributed by atoms with Crippen LogP contribution in [-0.2, 0) is 6.54 Å². The van der Waals surface area contributed by atoms with Gasteiger partial charge in [-0.1, -0.05) is 0 Å². The molecule has 1 N–H and O–H groups in total. The lowest BCUT2D eigenvalue weighted by Gasteiger charge is -2.15. The highest BCUT2D eigenvalue weighted by atomic mass is 16.3. The lowest BCUT2D eigenvalue weighted by molar-refractivity contribution is 0.318. The van der Waals surface area contributed by atoms with Crippen LogP contribution in [0.4, 0.5) is 0 Å². The van der Waals surface area contributed by atoms with Crippen molar-refractivity contribution in [1.29, 1.82) is 0 Å². The Bertz CT molecular complexity index is 258. The number of rotatable bonds is 6. The minimum Gasteiger partial charge on any atom is -0.469 e. The number of hydrogen-bond donors (Lipinski definition) is 1. The van der Waals surface area contributed by atoms with Crippen LogP contribution in [0.3, 0.4) is 0 Å². The SMILES string of the molecule is CNCCCN(C)Cc1ccoc1C. The summed E-state index contributed by atoms with van der Waals surface area (Å²) < 4.78 is 5.25. The average molecular weight is 196 g/mol. The molecule has 80 valence electrons. The standard InChI is InChI=1S/C11H20N2O/c1-10-11(5-8-14-10)9-13(3)7-4-6-12-2/h5,8,12H,4,6-7,9H2,1-3H3. The molecule has 0 unspecified atom stereocenters. The normalized spacial score (nSPS) is 11.1. The van der Waals surface area contributed by atoms with E-state index in [4.69, 9.17) is 4.42 Å². The fourth-order valence-corrected chi connectivity index (χ4v) is 1.47. The van der Waals surface area contributed by atoms with Crippen molar-refractivity contribution in [3.8, 4) is 0 Å². The largest absolute Gasteiger partial charge is 0.469 e. The Kier molecular flexibility index (Phi) is 4.70. The first-order valence-corrected chi connectivity index (χ1v) is 5.10. The summed E-state index contributed by atoms with van der Waals surface area (Å²) in [5.74, 6) is 1.03. The van der Waals surface area contributed by atoms with Crippen molar-refractivity contribution in [2.24, 2.45) is 0 Å². The first-order chi connectivity index (χ1) is 6.74. The molecular formula is C11H20N2O. The van der Waals surface area contributed by atoms with E-state index in [1.54, 1.807) is 6.26 Å². The summed E-state index contributed by atoms with van der Waals surface area (Å²) in [6.45, 7) is 5.18. The van der Waals surface area contributed by atoms with Crippen LogP contribution in [0.25, 0.3) is 0 Å². The third kappa shape index (κ3) is 3.52. The van der Waals surface area contributed by atoms with Crippen molar-refractivity contribution in [3.63, 3.8) is 0 Å². The van der Waals surface area contributed by atoms with Crippen LogP contribution in [0, 0.1) is 6.92 Å². The van der Waals surface area contributed by atoms with E-state index >= 15 is 0 Å². The molecule has 14 heavy (non-hydrogen) atoms.